The third-order valence-electron chi connectivity index (χ3n) is 4.86. The fraction of sp³-hybridized carbons (Fsp3) is 0.389. The molecule has 0 amide bonds. The first-order valence-electron chi connectivity index (χ1n) is 8.72. The molecule has 29 heavy (non-hydrogen) atoms. The number of nitrogens with two attached hydrogens (primary N) is 1. The molecule has 0 saturated heterocycles. The van der Waals surface area contributed by atoms with Crippen LogP contribution in [0.25, 0.3) is 0 Å². The first-order chi connectivity index (χ1) is 13.5. The first kappa shape index (κ1) is 19.2. The van der Waals surface area contributed by atoms with Gasteiger partial charge >= 0.3 is 6.18 Å². The highest BCUT2D eigenvalue weighted by Crippen LogP contribution is 2.42. The number of halogens is 4. The van der Waals surface area contributed by atoms with Crippen molar-refractivity contribution < 1.29 is 26.7 Å². The van der Waals surface area contributed by atoms with Gasteiger partial charge in [0.05, 0.1) is 11.2 Å². The van der Waals surface area contributed by atoms with E-state index in [1.165, 1.54) is 25.3 Å². The smallest absolute Gasteiger partial charge is 0.425 e. The van der Waals surface area contributed by atoms with E-state index >= 15 is 0 Å². The standard InChI is InChI=1S/C18H17F4N5O2/c1-8-25-13(7-28-8)15-24-6-9-3-11(19)10(4-12(9)26-15)17(2)5-14(18(20,21)22)29-16(23)27-17/h3-4,7,14H,5-6H2,1-2H3,(H2,23,27)(H,24,26)/t14-,17-/m0/s1. The lowest BCUT2D eigenvalue weighted by atomic mass is 9.84. The molecule has 7 nitrogen and oxygen atoms in total. The van der Waals surface area contributed by atoms with E-state index in [2.05, 4.69) is 25.0 Å². The molecule has 1 aromatic carbocycles. The van der Waals surface area contributed by atoms with Gasteiger partial charge in [0.1, 0.15) is 17.8 Å². The monoisotopic (exact) mass is 411 g/mol. The molecule has 2 atom stereocenters. The Balaban J connectivity index is 1.77. The molecule has 3 N–H and O–H groups in total. The molecule has 0 aliphatic carbocycles. The van der Waals surface area contributed by atoms with E-state index in [0.717, 1.165) is 0 Å². The highest BCUT2D eigenvalue weighted by atomic mass is 19.4. The zero-order chi connectivity index (χ0) is 21.0. The number of benzene rings is 1. The number of hydrogen-bond donors (Lipinski definition) is 2. The van der Waals surface area contributed by atoms with Crippen molar-refractivity contribution in [2.24, 2.45) is 15.7 Å². The fourth-order valence-corrected chi connectivity index (χ4v) is 3.44. The van der Waals surface area contributed by atoms with Crippen LogP contribution < -0.4 is 11.1 Å². The summed E-state index contributed by atoms with van der Waals surface area (Å²) in [5, 5.41) is 3.02. The van der Waals surface area contributed by atoms with E-state index in [1.807, 2.05) is 0 Å². The van der Waals surface area contributed by atoms with Crippen LogP contribution in [0.4, 0.5) is 23.2 Å². The number of ether oxygens (including phenoxy) is 1. The lowest BCUT2D eigenvalue weighted by Crippen LogP contribution is -2.46. The van der Waals surface area contributed by atoms with Gasteiger partial charge < -0.3 is 20.2 Å². The van der Waals surface area contributed by atoms with Gasteiger partial charge in [-0.1, -0.05) is 0 Å². The van der Waals surface area contributed by atoms with Crippen molar-refractivity contribution in [1.29, 1.82) is 0 Å². The Bertz CT molecular complexity index is 1030. The summed E-state index contributed by atoms with van der Waals surface area (Å²) >= 11 is 0. The van der Waals surface area contributed by atoms with Crippen molar-refractivity contribution in [2.75, 3.05) is 0 Å². The van der Waals surface area contributed by atoms with Crippen molar-refractivity contribution >= 4 is 17.5 Å². The van der Waals surface area contributed by atoms with Gasteiger partial charge in [-0.05, 0) is 24.6 Å². The molecule has 2 aromatic rings. The van der Waals surface area contributed by atoms with E-state index in [4.69, 9.17) is 10.2 Å². The van der Waals surface area contributed by atoms with Crippen molar-refractivity contribution in [2.45, 2.75) is 44.6 Å². The lowest BCUT2D eigenvalue weighted by molar-refractivity contribution is -0.208. The van der Waals surface area contributed by atoms with Gasteiger partial charge in [-0.3, -0.25) is 0 Å². The summed E-state index contributed by atoms with van der Waals surface area (Å²) in [7, 11) is 0. The average Bonchev–Trinajstić information content (AvgIpc) is 3.05. The molecule has 2 aliphatic rings. The summed E-state index contributed by atoms with van der Waals surface area (Å²) in [6.07, 6.45) is -6.02. The fourth-order valence-electron chi connectivity index (χ4n) is 3.44. The van der Waals surface area contributed by atoms with E-state index in [9.17, 15) is 17.6 Å². The third kappa shape index (κ3) is 3.52. The molecule has 0 unspecified atom stereocenters. The maximum atomic E-state index is 14.8. The van der Waals surface area contributed by atoms with Crippen LogP contribution in [0.3, 0.4) is 0 Å². The number of aromatic nitrogens is 1. The Morgan fingerprint density at radius 2 is 2.07 bits per heavy atom. The van der Waals surface area contributed by atoms with Gasteiger partial charge in [0.25, 0.3) is 6.02 Å². The number of nitrogens with one attached hydrogen (secondary N) is 1. The summed E-state index contributed by atoms with van der Waals surface area (Å²) in [5.41, 5.74) is 5.29. The van der Waals surface area contributed by atoms with Crippen molar-refractivity contribution in [3.05, 3.63) is 46.9 Å². The minimum absolute atomic E-state index is 0.0434. The number of nitrogens with zero attached hydrogens (tertiary/aromatic N) is 3. The van der Waals surface area contributed by atoms with Crippen LogP contribution in [0.5, 0.6) is 0 Å². The first-order valence-corrected chi connectivity index (χ1v) is 8.72. The number of amidine groups is 2. The van der Waals surface area contributed by atoms with E-state index in [1.54, 1.807) is 6.92 Å². The van der Waals surface area contributed by atoms with Crippen LogP contribution >= 0.6 is 0 Å². The summed E-state index contributed by atoms with van der Waals surface area (Å²) in [4.78, 5) is 12.6. The zero-order valence-corrected chi connectivity index (χ0v) is 15.5. The van der Waals surface area contributed by atoms with Gasteiger partial charge in [0, 0.05) is 25.5 Å². The number of rotatable bonds is 2. The predicted octanol–water partition coefficient (Wildman–Crippen LogP) is 3.18. The maximum absolute atomic E-state index is 14.8. The molecule has 0 saturated carbocycles. The molecular weight excluding hydrogens is 394 g/mol. The van der Waals surface area contributed by atoms with Crippen molar-refractivity contribution in [3.63, 3.8) is 0 Å². The predicted molar refractivity (Wildman–Crippen MR) is 95.2 cm³/mol. The number of aliphatic imine (C=N–C) groups is 2. The number of oxazole rings is 1. The van der Waals surface area contributed by atoms with Crippen LogP contribution in [-0.2, 0) is 16.8 Å². The van der Waals surface area contributed by atoms with Gasteiger partial charge in [-0.25, -0.2) is 19.4 Å². The minimum atomic E-state index is -4.66. The molecule has 2 aliphatic heterocycles. The van der Waals surface area contributed by atoms with Crippen molar-refractivity contribution in [1.82, 2.24) is 10.3 Å². The molecule has 4 rings (SSSR count). The molecule has 0 spiro atoms. The van der Waals surface area contributed by atoms with Gasteiger partial charge in [0.2, 0.25) is 0 Å². The molecule has 0 fully saturated rings. The zero-order valence-electron chi connectivity index (χ0n) is 15.5. The second-order valence-corrected chi connectivity index (χ2v) is 7.10. The Morgan fingerprint density at radius 3 is 2.72 bits per heavy atom. The van der Waals surface area contributed by atoms with E-state index < -0.39 is 36.1 Å². The normalized spacial score (nSPS) is 24.1. The molecule has 1 aromatic heterocycles. The largest absolute Gasteiger partial charge is 0.452 e. The number of fused-ring (bicyclic) bond motifs is 1. The Hall–Kier alpha value is -3.11. The minimum Gasteiger partial charge on any atom is -0.452 e. The molecular formula is C18H17F4N5O2. The van der Waals surface area contributed by atoms with Crippen LogP contribution in [0, 0.1) is 12.7 Å². The van der Waals surface area contributed by atoms with Crippen LogP contribution in [-0.4, -0.2) is 29.1 Å². The van der Waals surface area contributed by atoms with Crippen LogP contribution in [0.15, 0.2) is 32.8 Å². The van der Waals surface area contributed by atoms with Gasteiger partial charge in [-0.15, -0.1) is 0 Å². The Morgan fingerprint density at radius 1 is 1.31 bits per heavy atom. The molecule has 11 heteroatoms. The van der Waals surface area contributed by atoms with Crippen LogP contribution in [0.1, 0.15) is 36.1 Å². The average molecular weight is 411 g/mol. The quantitative estimate of drug-likeness (QED) is 0.740. The SMILES string of the molecule is Cc1nc(C2=Nc3cc([C@]4(C)C[C@@H](C(F)(F)F)OC(N)=N4)c(F)cc3CN2)co1. The summed E-state index contributed by atoms with van der Waals surface area (Å²) in [6.45, 7) is 3.34. The number of aryl methyl sites for hydroxylation is 1. The molecule has 3 heterocycles. The van der Waals surface area contributed by atoms with Gasteiger partial charge in [0.15, 0.2) is 17.8 Å². The van der Waals surface area contributed by atoms with E-state index in [0.29, 0.717) is 28.7 Å². The summed E-state index contributed by atoms with van der Waals surface area (Å²) in [5.74, 6) is 0.177. The highest BCUT2D eigenvalue weighted by molar-refractivity contribution is 5.99. The number of hydrogen-bond acceptors (Lipinski definition) is 7. The molecule has 154 valence electrons. The number of alkyl halides is 3. The second-order valence-electron chi connectivity index (χ2n) is 7.10. The lowest BCUT2D eigenvalue weighted by Gasteiger charge is -2.36. The Labute approximate surface area is 162 Å². The second kappa shape index (κ2) is 6.46. The third-order valence-corrected chi connectivity index (χ3v) is 4.86. The van der Waals surface area contributed by atoms with Crippen LogP contribution in [0.2, 0.25) is 0 Å². The topological polar surface area (TPSA) is 98.0 Å². The maximum Gasteiger partial charge on any atom is 0.425 e. The molecule has 0 bridgehead atoms. The summed E-state index contributed by atoms with van der Waals surface area (Å²) in [6, 6.07) is 2.00. The Kier molecular flexibility index (Phi) is 4.28. The van der Waals surface area contributed by atoms with E-state index in [-0.39, 0.29) is 12.1 Å². The van der Waals surface area contributed by atoms with Gasteiger partial charge in [-0.2, -0.15) is 13.2 Å². The van der Waals surface area contributed by atoms with Crippen molar-refractivity contribution in [3.8, 4) is 0 Å². The highest BCUT2D eigenvalue weighted by Gasteiger charge is 2.50. The molecule has 0 radical (unpaired) electrons. The summed E-state index contributed by atoms with van der Waals surface area (Å²) < 4.78 is 64.3.